The first-order chi connectivity index (χ1) is 8.35. The number of ether oxygens (including phenoxy) is 1. The summed E-state index contributed by atoms with van der Waals surface area (Å²) >= 11 is 0. The molecule has 2 rings (SSSR count). The first-order valence-electron chi connectivity index (χ1n) is 6.37. The van der Waals surface area contributed by atoms with E-state index in [1.54, 1.807) is 7.11 Å². The molecule has 1 unspecified atom stereocenters. The van der Waals surface area contributed by atoms with Gasteiger partial charge in [0.1, 0.15) is 0 Å². The second-order valence-corrected chi connectivity index (χ2v) is 4.68. The van der Waals surface area contributed by atoms with Crippen molar-refractivity contribution in [3.05, 3.63) is 35.4 Å². The molecule has 1 aliphatic rings. The van der Waals surface area contributed by atoms with E-state index >= 15 is 0 Å². The SMILES string of the molecule is COCCNC(CN)c1cccc(C2CC2)c1. The van der Waals surface area contributed by atoms with Crippen LogP contribution in [0.4, 0.5) is 0 Å². The summed E-state index contributed by atoms with van der Waals surface area (Å²) < 4.78 is 5.04. The topological polar surface area (TPSA) is 47.3 Å². The van der Waals surface area contributed by atoms with Gasteiger partial charge in [-0.2, -0.15) is 0 Å². The van der Waals surface area contributed by atoms with Crippen molar-refractivity contribution < 1.29 is 4.74 Å². The van der Waals surface area contributed by atoms with E-state index in [9.17, 15) is 0 Å². The van der Waals surface area contributed by atoms with Gasteiger partial charge in [-0.1, -0.05) is 24.3 Å². The molecule has 17 heavy (non-hydrogen) atoms. The van der Waals surface area contributed by atoms with Gasteiger partial charge in [-0.3, -0.25) is 0 Å². The second kappa shape index (κ2) is 6.15. The van der Waals surface area contributed by atoms with Gasteiger partial charge >= 0.3 is 0 Å². The number of benzene rings is 1. The Kier molecular flexibility index (Phi) is 4.54. The summed E-state index contributed by atoms with van der Waals surface area (Å²) in [5.74, 6) is 0.798. The fraction of sp³-hybridized carbons (Fsp3) is 0.571. The predicted molar refractivity (Wildman–Crippen MR) is 70.1 cm³/mol. The van der Waals surface area contributed by atoms with Gasteiger partial charge in [-0.05, 0) is 29.9 Å². The molecule has 0 saturated heterocycles. The molecule has 1 aromatic carbocycles. The van der Waals surface area contributed by atoms with Crippen LogP contribution in [0.25, 0.3) is 0 Å². The Labute approximate surface area is 103 Å². The van der Waals surface area contributed by atoms with Crippen LogP contribution in [0.3, 0.4) is 0 Å². The van der Waals surface area contributed by atoms with E-state index in [4.69, 9.17) is 10.5 Å². The molecule has 1 fully saturated rings. The summed E-state index contributed by atoms with van der Waals surface area (Å²) in [4.78, 5) is 0. The number of rotatable bonds is 7. The number of nitrogens with two attached hydrogens (primary N) is 1. The van der Waals surface area contributed by atoms with Crippen LogP contribution in [0.15, 0.2) is 24.3 Å². The molecule has 0 aliphatic heterocycles. The minimum absolute atomic E-state index is 0.240. The van der Waals surface area contributed by atoms with Crippen molar-refractivity contribution in [3.63, 3.8) is 0 Å². The van der Waals surface area contributed by atoms with Crippen molar-refractivity contribution in [1.29, 1.82) is 0 Å². The average molecular weight is 234 g/mol. The van der Waals surface area contributed by atoms with Crippen LogP contribution in [0.2, 0.25) is 0 Å². The van der Waals surface area contributed by atoms with Gasteiger partial charge in [-0.25, -0.2) is 0 Å². The molecule has 3 heteroatoms. The van der Waals surface area contributed by atoms with Gasteiger partial charge in [0.25, 0.3) is 0 Å². The second-order valence-electron chi connectivity index (χ2n) is 4.68. The minimum atomic E-state index is 0.240. The van der Waals surface area contributed by atoms with E-state index in [0.29, 0.717) is 6.54 Å². The number of methoxy groups -OCH3 is 1. The first-order valence-corrected chi connectivity index (χ1v) is 6.37. The van der Waals surface area contributed by atoms with Crippen LogP contribution in [0.5, 0.6) is 0 Å². The van der Waals surface area contributed by atoms with Crippen molar-refractivity contribution >= 4 is 0 Å². The van der Waals surface area contributed by atoms with Gasteiger partial charge in [0.15, 0.2) is 0 Å². The maximum atomic E-state index is 5.83. The van der Waals surface area contributed by atoms with E-state index in [1.165, 1.54) is 24.0 Å². The molecular weight excluding hydrogens is 212 g/mol. The molecule has 3 N–H and O–H groups in total. The molecule has 0 radical (unpaired) electrons. The summed E-state index contributed by atoms with van der Waals surface area (Å²) in [6.45, 7) is 2.18. The van der Waals surface area contributed by atoms with E-state index in [1.807, 2.05) is 0 Å². The van der Waals surface area contributed by atoms with Crippen molar-refractivity contribution in [3.8, 4) is 0 Å². The standard InChI is InChI=1S/C14H22N2O/c1-17-8-7-16-14(10-15)13-4-2-3-12(9-13)11-5-6-11/h2-4,9,11,14,16H,5-8,10,15H2,1H3. The lowest BCUT2D eigenvalue weighted by molar-refractivity contribution is 0.196. The normalized spacial score (nSPS) is 17.1. The predicted octanol–water partition coefficient (Wildman–Crippen LogP) is 1.80. The average Bonchev–Trinajstić information content (AvgIpc) is 3.19. The lowest BCUT2D eigenvalue weighted by atomic mass is 10.0. The molecule has 0 spiro atoms. The zero-order valence-electron chi connectivity index (χ0n) is 10.5. The zero-order chi connectivity index (χ0) is 12.1. The highest BCUT2D eigenvalue weighted by Gasteiger charge is 2.23. The molecule has 0 aromatic heterocycles. The van der Waals surface area contributed by atoms with Gasteiger partial charge in [0.05, 0.1) is 6.61 Å². The Morgan fingerprint density at radius 3 is 2.94 bits per heavy atom. The highest BCUT2D eigenvalue weighted by Crippen LogP contribution is 2.40. The number of hydrogen-bond donors (Lipinski definition) is 2. The largest absolute Gasteiger partial charge is 0.383 e. The lowest BCUT2D eigenvalue weighted by Crippen LogP contribution is -2.30. The Balaban J connectivity index is 1.99. The number of hydrogen-bond acceptors (Lipinski definition) is 3. The van der Waals surface area contributed by atoms with Crippen LogP contribution in [0, 0.1) is 0 Å². The quantitative estimate of drug-likeness (QED) is 0.707. The third-order valence-corrected chi connectivity index (χ3v) is 3.29. The zero-order valence-corrected chi connectivity index (χ0v) is 10.5. The van der Waals surface area contributed by atoms with Gasteiger partial charge < -0.3 is 15.8 Å². The smallest absolute Gasteiger partial charge is 0.0587 e. The van der Waals surface area contributed by atoms with E-state index in [-0.39, 0.29) is 6.04 Å². The molecular formula is C14H22N2O. The summed E-state index contributed by atoms with van der Waals surface area (Å²) in [5, 5.41) is 3.42. The van der Waals surface area contributed by atoms with Gasteiger partial charge in [0, 0.05) is 26.2 Å². The van der Waals surface area contributed by atoms with Gasteiger partial charge in [0.2, 0.25) is 0 Å². The first kappa shape index (κ1) is 12.6. The van der Waals surface area contributed by atoms with Crippen LogP contribution in [-0.4, -0.2) is 26.8 Å². The summed E-state index contributed by atoms with van der Waals surface area (Å²) in [5.41, 5.74) is 8.59. The molecule has 3 nitrogen and oxygen atoms in total. The fourth-order valence-corrected chi connectivity index (χ4v) is 2.12. The third kappa shape index (κ3) is 3.53. The van der Waals surface area contributed by atoms with Crippen molar-refractivity contribution in [2.45, 2.75) is 24.8 Å². The van der Waals surface area contributed by atoms with E-state index < -0.39 is 0 Å². The fourth-order valence-electron chi connectivity index (χ4n) is 2.12. The molecule has 1 aliphatic carbocycles. The monoisotopic (exact) mass is 234 g/mol. The third-order valence-electron chi connectivity index (χ3n) is 3.29. The van der Waals surface area contributed by atoms with Gasteiger partial charge in [-0.15, -0.1) is 0 Å². The molecule has 94 valence electrons. The Morgan fingerprint density at radius 2 is 2.29 bits per heavy atom. The molecule has 0 heterocycles. The molecule has 1 saturated carbocycles. The van der Waals surface area contributed by atoms with Crippen LogP contribution in [0.1, 0.15) is 35.9 Å². The number of nitrogens with one attached hydrogen (secondary N) is 1. The van der Waals surface area contributed by atoms with Crippen LogP contribution < -0.4 is 11.1 Å². The molecule has 1 aromatic rings. The molecule has 0 bridgehead atoms. The summed E-state index contributed by atoms with van der Waals surface area (Å²) in [6, 6.07) is 9.06. The van der Waals surface area contributed by atoms with Crippen molar-refractivity contribution in [2.24, 2.45) is 5.73 Å². The highest BCUT2D eigenvalue weighted by molar-refractivity contribution is 5.31. The summed E-state index contributed by atoms with van der Waals surface area (Å²) in [6.07, 6.45) is 2.68. The van der Waals surface area contributed by atoms with Crippen LogP contribution >= 0.6 is 0 Å². The highest BCUT2D eigenvalue weighted by atomic mass is 16.5. The Morgan fingerprint density at radius 1 is 1.47 bits per heavy atom. The maximum absolute atomic E-state index is 5.83. The van der Waals surface area contributed by atoms with Crippen molar-refractivity contribution in [1.82, 2.24) is 5.32 Å². The maximum Gasteiger partial charge on any atom is 0.0587 e. The van der Waals surface area contributed by atoms with Crippen LogP contribution in [-0.2, 0) is 4.74 Å². The van der Waals surface area contributed by atoms with E-state index in [0.717, 1.165) is 19.1 Å². The van der Waals surface area contributed by atoms with Crippen molar-refractivity contribution in [2.75, 3.05) is 26.8 Å². The summed E-state index contributed by atoms with van der Waals surface area (Å²) in [7, 11) is 1.72. The Hall–Kier alpha value is -0.900. The minimum Gasteiger partial charge on any atom is -0.383 e. The molecule has 1 atom stereocenters. The Bertz CT molecular complexity index is 350. The lowest BCUT2D eigenvalue weighted by Gasteiger charge is -2.18. The van der Waals surface area contributed by atoms with E-state index in [2.05, 4.69) is 29.6 Å². The molecule has 0 amide bonds.